The van der Waals surface area contributed by atoms with E-state index in [2.05, 4.69) is 10.6 Å². The van der Waals surface area contributed by atoms with Crippen LogP contribution in [0, 0.1) is 11.8 Å². The van der Waals surface area contributed by atoms with Gasteiger partial charge < -0.3 is 20.1 Å². The van der Waals surface area contributed by atoms with Gasteiger partial charge in [-0.2, -0.15) is 0 Å². The summed E-state index contributed by atoms with van der Waals surface area (Å²) >= 11 is 0. The molecule has 0 aromatic carbocycles. The van der Waals surface area contributed by atoms with Gasteiger partial charge in [-0.05, 0) is 18.9 Å². The zero-order chi connectivity index (χ0) is 12.1. The Balaban J connectivity index is 1.73. The number of carbonyl (C=O) groups is 1. The van der Waals surface area contributed by atoms with E-state index in [1.54, 1.807) is 7.11 Å². The maximum absolute atomic E-state index is 11.7. The number of amides is 1. The lowest BCUT2D eigenvalue weighted by atomic mass is 9.84. The minimum atomic E-state index is 0.0752. The minimum absolute atomic E-state index is 0.0752. The molecule has 0 saturated carbocycles. The zero-order valence-corrected chi connectivity index (χ0v) is 10.4. The van der Waals surface area contributed by atoms with Crippen LogP contribution in [0.1, 0.15) is 12.8 Å². The topological polar surface area (TPSA) is 59.6 Å². The summed E-state index contributed by atoms with van der Waals surface area (Å²) in [5.41, 5.74) is 0. The Labute approximate surface area is 102 Å². The summed E-state index contributed by atoms with van der Waals surface area (Å²) < 4.78 is 10.6. The molecule has 5 nitrogen and oxygen atoms in total. The van der Waals surface area contributed by atoms with Gasteiger partial charge in [-0.1, -0.05) is 0 Å². The van der Waals surface area contributed by atoms with Gasteiger partial charge in [0, 0.05) is 26.1 Å². The van der Waals surface area contributed by atoms with E-state index in [-0.39, 0.29) is 12.0 Å². The predicted molar refractivity (Wildman–Crippen MR) is 63.7 cm³/mol. The van der Waals surface area contributed by atoms with Crippen LogP contribution < -0.4 is 10.6 Å². The number of methoxy groups -OCH3 is 1. The van der Waals surface area contributed by atoms with E-state index in [0.29, 0.717) is 31.4 Å². The van der Waals surface area contributed by atoms with Crippen molar-refractivity contribution in [2.24, 2.45) is 11.8 Å². The molecule has 2 aliphatic heterocycles. The molecule has 0 aromatic heterocycles. The molecule has 3 atom stereocenters. The van der Waals surface area contributed by atoms with Gasteiger partial charge in [-0.15, -0.1) is 0 Å². The van der Waals surface area contributed by atoms with Crippen LogP contribution in [0.5, 0.6) is 0 Å². The first-order chi connectivity index (χ1) is 8.31. The smallest absolute Gasteiger partial charge is 0.222 e. The second-order valence-electron chi connectivity index (χ2n) is 4.84. The standard InChI is InChI=1S/C12H22N2O3/c1-16-5-4-14-12(15)6-11-10-2-3-13-7-9(10)8-17-11/h9-11,13H,2-8H2,1H3,(H,14,15)/t9-,10-,11-/m1/s1. The molecule has 0 unspecified atom stereocenters. The SMILES string of the molecule is COCCNC(=O)C[C@H]1OC[C@H]2CNCC[C@H]21. The van der Waals surface area contributed by atoms with Crippen LogP contribution in [-0.2, 0) is 14.3 Å². The first-order valence-electron chi connectivity index (χ1n) is 6.39. The highest BCUT2D eigenvalue weighted by atomic mass is 16.5. The highest BCUT2D eigenvalue weighted by Gasteiger charge is 2.39. The second-order valence-corrected chi connectivity index (χ2v) is 4.84. The second kappa shape index (κ2) is 6.33. The van der Waals surface area contributed by atoms with Crippen molar-refractivity contribution in [2.75, 3.05) is 40.0 Å². The molecule has 0 aliphatic carbocycles. The summed E-state index contributed by atoms with van der Waals surface area (Å²) in [6.07, 6.45) is 1.73. The summed E-state index contributed by atoms with van der Waals surface area (Å²) in [7, 11) is 1.63. The molecular formula is C12H22N2O3. The average molecular weight is 242 g/mol. The van der Waals surface area contributed by atoms with E-state index in [0.717, 1.165) is 26.1 Å². The lowest BCUT2D eigenvalue weighted by Gasteiger charge is -2.27. The Hall–Kier alpha value is -0.650. The van der Waals surface area contributed by atoms with Gasteiger partial charge in [-0.3, -0.25) is 4.79 Å². The number of ether oxygens (including phenoxy) is 2. The van der Waals surface area contributed by atoms with Crippen molar-refractivity contribution >= 4 is 5.91 Å². The molecule has 2 fully saturated rings. The lowest BCUT2D eigenvalue weighted by Crippen LogP contribution is -2.39. The van der Waals surface area contributed by atoms with Crippen molar-refractivity contribution in [2.45, 2.75) is 18.9 Å². The van der Waals surface area contributed by atoms with E-state index in [4.69, 9.17) is 9.47 Å². The van der Waals surface area contributed by atoms with Crippen molar-refractivity contribution in [3.05, 3.63) is 0 Å². The molecule has 98 valence electrons. The first-order valence-corrected chi connectivity index (χ1v) is 6.39. The molecule has 0 bridgehead atoms. The third kappa shape index (κ3) is 3.40. The van der Waals surface area contributed by atoms with Gasteiger partial charge in [0.2, 0.25) is 5.91 Å². The third-order valence-corrected chi connectivity index (χ3v) is 3.68. The van der Waals surface area contributed by atoms with Crippen LogP contribution in [0.3, 0.4) is 0 Å². The summed E-state index contributed by atoms with van der Waals surface area (Å²) in [4.78, 5) is 11.7. The van der Waals surface area contributed by atoms with Gasteiger partial charge in [-0.25, -0.2) is 0 Å². The van der Waals surface area contributed by atoms with E-state index in [1.165, 1.54) is 0 Å². The summed E-state index contributed by atoms with van der Waals surface area (Å²) in [5, 5.41) is 6.22. The fourth-order valence-corrected chi connectivity index (χ4v) is 2.74. The minimum Gasteiger partial charge on any atom is -0.383 e. The molecule has 1 amide bonds. The van der Waals surface area contributed by atoms with Crippen LogP contribution in [0.2, 0.25) is 0 Å². The molecule has 2 saturated heterocycles. The number of hydrogen-bond donors (Lipinski definition) is 2. The number of carbonyl (C=O) groups excluding carboxylic acids is 1. The average Bonchev–Trinajstić information content (AvgIpc) is 2.73. The van der Waals surface area contributed by atoms with Gasteiger partial charge in [0.05, 0.1) is 25.7 Å². The zero-order valence-electron chi connectivity index (χ0n) is 10.4. The maximum atomic E-state index is 11.7. The molecule has 2 aliphatic rings. The Morgan fingerprint density at radius 2 is 2.47 bits per heavy atom. The van der Waals surface area contributed by atoms with Crippen molar-refractivity contribution in [1.29, 1.82) is 0 Å². The Bertz CT molecular complexity index is 260. The number of rotatable bonds is 5. The van der Waals surface area contributed by atoms with E-state index in [9.17, 15) is 4.79 Å². The number of hydrogen-bond acceptors (Lipinski definition) is 4. The molecule has 5 heteroatoms. The largest absolute Gasteiger partial charge is 0.383 e. The van der Waals surface area contributed by atoms with E-state index < -0.39 is 0 Å². The monoisotopic (exact) mass is 242 g/mol. The van der Waals surface area contributed by atoms with Crippen molar-refractivity contribution in [3.63, 3.8) is 0 Å². The van der Waals surface area contributed by atoms with Gasteiger partial charge in [0.25, 0.3) is 0 Å². The number of piperidine rings is 1. The molecule has 2 heterocycles. The summed E-state index contributed by atoms with van der Waals surface area (Å²) in [6.45, 7) is 4.03. The van der Waals surface area contributed by atoms with Crippen LogP contribution in [0.4, 0.5) is 0 Å². The van der Waals surface area contributed by atoms with Crippen LogP contribution in [-0.4, -0.2) is 52.0 Å². The fraction of sp³-hybridized carbons (Fsp3) is 0.917. The van der Waals surface area contributed by atoms with Crippen molar-refractivity contribution < 1.29 is 14.3 Å². The van der Waals surface area contributed by atoms with Gasteiger partial charge in [0.1, 0.15) is 0 Å². The van der Waals surface area contributed by atoms with Gasteiger partial charge in [0.15, 0.2) is 0 Å². The molecule has 0 radical (unpaired) electrons. The van der Waals surface area contributed by atoms with E-state index >= 15 is 0 Å². The van der Waals surface area contributed by atoms with Crippen molar-refractivity contribution in [3.8, 4) is 0 Å². The van der Waals surface area contributed by atoms with Crippen LogP contribution in [0.25, 0.3) is 0 Å². The Morgan fingerprint density at radius 1 is 1.59 bits per heavy atom. The Morgan fingerprint density at radius 3 is 3.29 bits per heavy atom. The molecule has 2 N–H and O–H groups in total. The van der Waals surface area contributed by atoms with Crippen molar-refractivity contribution in [1.82, 2.24) is 10.6 Å². The number of nitrogens with one attached hydrogen (secondary N) is 2. The predicted octanol–water partition coefficient (Wildman–Crippen LogP) is -0.236. The lowest BCUT2D eigenvalue weighted by molar-refractivity contribution is -0.123. The van der Waals surface area contributed by atoms with E-state index in [1.807, 2.05) is 0 Å². The summed E-state index contributed by atoms with van der Waals surface area (Å²) in [5.74, 6) is 1.23. The molecule has 0 aromatic rings. The van der Waals surface area contributed by atoms with Crippen LogP contribution in [0.15, 0.2) is 0 Å². The normalized spacial score (nSPS) is 32.2. The molecule has 2 rings (SSSR count). The summed E-state index contributed by atoms with van der Waals surface area (Å²) in [6, 6.07) is 0. The van der Waals surface area contributed by atoms with Gasteiger partial charge >= 0.3 is 0 Å². The highest BCUT2D eigenvalue weighted by Crippen LogP contribution is 2.33. The third-order valence-electron chi connectivity index (χ3n) is 3.68. The fourth-order valence-electron chi connectivity index (χ4n) is 2.74. The number of fused-ring (bicyclic) bond motifs is 1. The highest BCUT2D eigenvalue weighted by molar-refractivity contribution is 5.76. The Kier molecular flexibility index (Phi) is 4.76. The molecule has 0 spiro atoms. The van der Waals surface area contributed by atoms with Crippen LogP contribution >= 0.6 is 0 Å². The quantitative estimate of drug-likeness (QED) is 0.654. The first kappa shape index (κ1) is 12.8. The molecule has 17 heavy (non-hydrogen) atoms. The molecular weight excluding hydrogens is 220 g/mol. The maximum Gasteiger partial charge on any atom is 0.222 e.